The fourth-order valence-corrected chi connectivity index (χ4v) is 3.09. The van der Waals surface area contributed by atoms with Crippen molar-refractivity contribution in [3.63, 3.8) is 0 Å². The minimum Gasteiger partial charge on any atom is -0.380 e. The topological polar surface area (TPSA) is 21.3 Å². The molecule has 1 aromatic carbocycles. The molecule has 88 valence electrons. The van der Waals surface area contributed by atoms with Crippen LogP contribution in [0.25, 0.3) is 0 Å². The van der Waals surface area contributed by atoms with Gasteiger partial charge in [0.05, 0.1) is 6.61 Å². The van der Waals surface area contributed by atoms with E-state index in [0.29, 0.717) is 6.61 Å². The molecule has 1 fully saturated rings. The van der Waals surface area contributed by atoms with Gasteiger partial charge in [0, 0.05) is 17.3 Å². The van der Waals surface area contributed by atoms with E-state index in [1.165, 1.54) is 36.4 Å². The highest BCUT2D eigenvalue weighted by Crippen LogP contribution is 2.28. The van der Waals surface area contributed by atoms with Gasteiger partial charge < -0.3 is 10.1 Å². The number of hydrogen-bond acceptors (Lipinski definition) is 3. The number of hydrogen-bond donors (Lipinski definition) is 1. The van der Waals surface area contributed by atoms with Gasteiger partial charge in [-0.1, -0.05) is 12.1 Å². The minimum atomic E-state index is 0.707. The third-order valence-electron chi connectivity index (χ3n) is 2.82. The molecule has 1 aliphatic heterocycles. The molecular weight excluding hydrogens is 218 g/mol. The Morgan fingerprint density at radius 3 is 2.56 bits per heavy atom. The monoisotopic (exact) mass is 237 g/mol. The maximum Gasteiger partial charge on any atom is 0.0713 e. The number of rotatable bonds is 4. The van der Waals surface area contributed by atoms with Gasteiger partial charge >= 0.3 is 0 Å². The highest BCUT2D eigenvalue weighted by atomic mass is 32.2. The van der Waals surface area contributed by atoms with Gasteiger partial charge in [-0.3, -0.25) is 0 Å². The summed E-state index contributed by atoms with van der Waals surface area (Å²) in [6.07, 6.45) is 2.56. The molecule has 0 amide bonds. The van der Waals surface area contributed by atoms with Crippen molar-refractivity contribution in [2.24, 2.45) is 0 Å². The van der Waals surface area contributed by atoms with Crippen LogP contribution < -0.4 is 5.32 Å². The second-order valence-electron chi connectivity index (χ2n) is 4.14. The van der Waals surface area contributed by atoms with E-state index < -0.39 is 0 Å². The van der Waals surface area contributed by atoms with Gasteiger partial charge in [-0.15, -0.1) is 11.8 Å². The molecule has 0 unspecified atom stereocenters. The lowest BCUT2D eigenvalue weighted by atomic mass is 10.2. The number of benzene rings is 1. The maximum atomic E-state index is 5.10. The van der Waals surface area contributed by atoms with Crippen LogP contribution >= 0.6 is 11.8 Å². The van der Waals surface area contributed by atoms with E-state index in [0.717, 1.165) is 5.25 Å². The first-order chi connectivity index (χ1) is 7.88. The molecule has 16 heavy (non-hydrogen) atoms. The second-order valence-corrected chi connectivity index (χ2v) is 5.52. The Balaban J connectivity index is 1.88. The molecule has 0 saturated carbocycles. The Hall–Kier alpha value is -0.510. The average Bonchev–Trinajstić information content (AvgIpc) is 2.33. The van der Waals surface area contributed by atoms with Gasteiger partial charge in [0.1, 0.15) is 0 Å². The van der Waals surface area contributed by atoms with Gasteiger partial charge in [-0.2, -0.15) is 0 Å². The molecule has 0 aliphatic carbocycles. The van der Waals surface area contributed by atoms with E-state index in [1.807, 2.05) is 11.8 Å². The zero-order valence-electron chi connectivity index (χ0n) is 9.74. The van der Waals surface area contributed by atoms with Crippen LogP contribution in [-0.2, 0) is 11.3 Å². The first kappa shape index (κ1) is 12.0. The molecule has 0 aromatic heterocycles. The standard InChI is InChI=1S/C13H19NOS/c1-15-10-11-2-4-12(5-3-11)16-13-6-8-14-9-7-13/h2-5,13-14H,6-10H2,1H3. The number of ether oxygens (including phenoxy) is 1. The molecule has 1 aromatic rings. The van der Waals surface area contributed by atoms with E-state index in [1.54, 1.807) is 7.11 Å². The Labute approximate surface area is 102 Å². The molecule has 2 rings (SSSR count). The second kappa shape index (κ2) is 6.28. The normalized spacial score (nSPS) is 17.6. The molecule has 1 heterocycles. The third kappa shape index (κ3) is 3.51. The van der Waals surface area contributed by atoms with Gasteiger partial charge in [0.15, 0.2) is 0 Å². The summed E-state index contributed by atoms with van der Waals surface area (Å²) in [5.74, 6) is 0. The molecular formula is C13H19NOS. The summed E-state index contributed by atoms with van der Waals surface area (Å²) in [4.78, 5) is 1.38. The summed E-state index contributed by atoms with van der Waals surface area (Å²) in [5.41, 5.74) is 1.25. The summed E-state index contributed by atoms with van der Waals surface area (Å²) in [6, 6.07) is 8.74. The molecule has 1 saturated heterocycles. The Morgan fingerprint density at radius 1 is 1.25 bits per heavy atom. The average molecular weight is 237 g/mol. The summed E-state index contributed by atoms with van der Waals surface area (Å²) < 4.78 is 5.10. The van der Waals surface area contributed by atoms with Crippen molar-refractivity contribution in [1.29, 1.82) is 0 Å². The lowest BCUT2D eigenvalue weighted by Crippen LogP contribution is -2.29. The van der Waals surface area contributed by atoms with Crippen LogP contribution in [0.2, 0.25) is 0 Å². The summed E-state index contributed by atoms with van der Waals surface area (Å²) in [6.45, 7) is 3.04. The van der Waals surface area contributed by atoms with Crippen molar-refractivity contribution in [1.82, 2.24) is 5.32 Å². The SMILES string of the molecule is COCc1ccc(SC2CCNCC2)cc1. The fourth-order valence-electron chi connectivity index (χ4n) is 1.94. The van der Waals surface area contributed by atoms with E-state index in [4.69, 9.17) is 4.74 Å². The molecule has 2 nitrogen and oxygen atoms in total. The smallest absolute Gasteiger partial charge is 0.0713 e. The highest BCUT2D eigenvalue weighted by molar-refractivity contribution is 8.00. The predicted octanol–water partition coefficient (Wildman–Crippen LogP) is 2.68. The molecule has 3 heteroatoms. The van der Waals surface area contributed by atoms with Gasteiger partial charge in [-0.25, -0.2) is 0 Å². The van der Waals surface area contributed by atoms with Crippen LogP contribution in [0.1, 0.15) is 18.4 Å². The van der Waals surface area contributed by atoms with E-state index in [-0.39, 0.29) is 0 Å². The predicted molar refractivity (Wildman–Crippen MR) is 68.9 cm³/mol. The van der Waals surface area contributed by atoms with Crippen LogP contribution in [-0.4, -0.2) is 25.4 Å². The van der Waals surface area contributed by atoms with Crippen LogP contribution in [0, 0.1) is 0 Å². The van der Waals surface area contributed by atoms with Gasteiger partial charge in [-0.05, 0) is 43.6 Å². The zero-order chi connectivity index (χ0) is 11.2. The van der Waals surface area contributed by atoms with Crippen molar-refractivity contribution in [3.8, 4) is 0 Å². The van der Waals surface area contributed by atoms with Gasteiger partial charge in [0.25, 0.3) is 0 Å². The zero-order valence-corrected chi connectivity index (χ0v) is 10.6. The quantitative estimate of drug-likeness (QED) is 0.870. The first-order valence-electron chi connectivity index (χ1n) is 5.84. The van der Waals surface area contributed by atoms with E-state index >= 15 is 0 Å². The Morgan fingerprint density at radius 2 is 1.94 bits per heavy atom. The van der Waals surface area contributed by atoms with Crippen molar-refractivity contribution in [2.75, 3.05) is 20.2 Å². The molecule has 1 aliphatic rings. The molecule has 0 spiro atoms. The van der Waals surface area contributed by atoms with Crippen LogP contribution in [0.5, 0.6) is 0 Å². The first-order valence-corrected chi connectivity index (χ1v) is 6.71. The lowest BCUT2D eigenvalue weighted by molar-refractivity contribution is 0.185. The Kier molecular flexibility index (Phi) is 4.69. The molecule has 0 atom stereocenters. The maximum absolute atomic E-state index is 5.10. The lowest BCUT2D eigenvalue weighted by Gasteiger charge is -2.22. The molecule has 0 bridgehead atoms. The van der Waals surface area contributed by atoms with Crippen molar-refractivity contribution in [3.05, 3.63) is 29.8 Å². The van der Waals surface area contributed by atoms with Crippen LogP contribution in [0.4, 0.5) is 0 Å². The fraction of sp³-hybridized carbons (Fsp3) is 0.538. The van der Waals surface area contributed by atoms with Crippen molar-refractivity contribution < 1.29 is 4.74 Å². The molecule has 0 radical (unpaired) electrons. The van der Waals surface area contributed by atoms with E-state index in [2.05, 4.69) is 29.6 Å². The van der Waals surface area contributed by atoms with Crippen molar-refractivity contribution >= 4 is 11.8 Å². The summed E-state index contributed by atoms with van der Waals surface area (Å²) in [5, 5.41) is 4.18. The largest absolute Gasteiger partial charge is 0.380 e. The third-order valence-corrected chi connectivity index (χ3v) is 4.17. The number of methoxy groups -OCH3 is 1. The number of nitrogens with one attached hydrogen (secondary N) is 1. The van der Waals surface area contributed by atoms with E-state index in [9.17, 15) is 0 Å². The van der Waals surface area contributed by atoms with Crippen LogP contribution in [0.3, 0.4) is 0 Å². The Bertz CT molecular complexity index is 306. The highest BCUT2D eigenvalue weighted by Gasteiger charge is 2.13. The van der Waals surface area contributed by atoms with Crippen molar-refractivity contribution in [2.45, 2.75) is 29.6 Å². The summed E-state index contributed by atoms with van der Waals surface area (Å²) in [7, 11) is 1.73. The van der Waals surface area contributed by atoms with Gasteiger partial charge in [0.2, 0.25) is 0 Å². The number of thioether (sulfide) groups is 1. The minimum absolute atomic E-state index is 0.707. The summed E-state index contributed by atoms with van der Waals surface area (Å²) >= 11 is 2.01. The van der Waals surface area contributed by atoms with Crippen LogP contribution in [0.15, 0.2) is 29.2 Å². The number of piperidine rings is 1. The molecule has 1 N–H and O–H groups in total.